The van der Waals surface area contributed by atoms with Gasteiger partial charge < -0.3 is 4.74 Å². The molecule has 23 heavy (non-hydrogen) atoms. The summed E-state index contributed by atoms with van der Waals surface area (Å²) in [6, 6.07) is 3.98. The number of amides is 1. The minimum atomic E-state index is -0.0362. The Kier molecular flexibility index (Phi) is 6.07. The van der Waals surface area contributed by atoms with Crippen LogP contribution < -0.4 is 4.74 Å². The van der Waals surface area contributed by atoms with E-state index >= 15 is 0 Å². The van der Waals surface area contributed by atoms with Crippen LogP contribution >= 0.6 is 27.7 Å². The lowest BCUT2D eigenvalue weighted by Crippen LogP contribution is -2.23. The maximum absolute atomic E-state index is 12.2. The maximum Gasteiger partial charge on any atom is 0.266 e. The van der Waals surface area contributed by atoms with Crippen LogP contribution in [0.4, 0.5) is 0 Å². The highest BCUT2D eigenvalue weighted by Crippen LogP contribution is 2.35. The molecule has 1 saturated heterocycles. The molecule has 1 fully saturated rings. The van der Waals surface area contributed by atoms with Crippen molar-refractivity contribution < 1.29 is 9.53 Å². The van der Waals surface area contributed by atoms with Gasteiger partial charge in [-0.05, 0) is 70.4 Å². The van der Waals surface area contributed by atoms with Crippen molar-refractivity contribution in [2.45, 2.75) is 13.3 Å². The molecule has 4 nitrogen and oxygen atoms in total. The molecule has 0 bridgehead atoms. The molecule has 1 heterocycles. The Hall–Kier alpha value is -1.53. The van der Waals surface area contributed by atoms with E-state index in [0.29, 0.717) is 23.1 Å². The molecule has 1 aliphatic heterocycles. The number of benzene rings is 1. The Morgan fingerprint density at radius 3 is 2.78 bits per heavy atom. The highest BCUT2D eigenvalue weighted by molar-refractivity contribution is 9.10. The first kappa shape index (κ1) is 17.8. The zero-order chi connectivity index (χ0) is 17.0. The van der Waals surface area contributed by atoms with Crippen LogP contribution in [-0.4, -0.2) is 36.7 Å². The smallest absolute Gasteiger partial charge is 0.266 e. The standard InChI is InChI=1S/C17H19BrN2O2S/c1-5-7-12-8-11(9-13(18)15(12)22-6-2)10-14-16(21)20(4)17(19-3)23-14/h5,8-10H,1,6-7H2,2-4H3/b14-10-,19-17?. The van der Waals surface area contributed by atoms with Crippen molar-refractivity contribution in [3.63, 3.8) is 0 Å². The molecule has 1 aromatic rings. The molecule has 1 amide bonds. The molecule has 0 spiro atoms. The third-order valence-electron chi connectivity index (χ3n) is 3.29. The van der Waals surface area contributed by atoms with E-state index in [1.54, 1.807) is 19.0 Å². The highest BCUT2D eigenvalue weighted by Gasteiger charge is 2.29. The summed E-state index contributed by atoms with van der Waals surface area (Å²) in [5.41, 5.74) is 1.98. The van der Waals surface area contributed by atoms with Crippen molar-refractivity contribution in [3.05, 3.63) is 45.3 Å². The van der Waals surface area contributed by atoms with Crippen LogP contribution in [0, 0.1) is 0 Å². The van der Waals surface area contributed by atoms with E-state index in [9.17, 15) is 4.79 Å². The van der Waals surface area contributed by atoms with Gasteiger partial charge in [0.2, 0.25) is 0 Å². The number of hydrogen-bond donors (Lipinski definition) is 0. The molecular weight excluding hydrogens is 376 g/mol. The Morgan fingerprint density at radius 1 is 1.48 bits per heavy atom. The Bertz CT molecular complexity index is 698. The van der Waals surface area contributed by atoms with E-state index in [0.717, 1.165) is 21.3 Å². The molecule has 0 aromatic heterocycles. The van der Waals surface area contributed by atoms with Crippen molar-refractivity contribution in [2.75, 3.05) is 20.7 Å². The van der Waals surface area contributed by atoms with Crippen molar-refractivity contribution in [1.82, 2.24) is 4.90 Å². The number of carbonyl (C=O) groups is 1. The van der Waals surface area contributed by atoms with Gasteiger partial charge in [-0.25, -0.2) is 0 Å². The number of rotatable bonds is 5. The van der Waals surface area contributed by atoms with Crippen LogP contribution in [0.2, 0.25) is 0 Å². The third-order valence-corrected chi connectivity index (χ3v) is 5.03. The molecule has 1 aliphatic rings. The first-order valence-electron chi connectivity index (χ1n) is 7.22. The SMILES string of the molecule is C=CCc1cc(/C=C2\SC(=NC)N(C)C2=O)cc(Br)c1OCC. The van der Waals surface area contributed by atoms with E-state index in [-0.39, 0.29) is 5.91 Å². The summed E-state index contributed by atoms with van der Waals surface area (Å²) in [5, 5.41) is 0.706. The van der Waals surface area contributed by atoms with Crippen LogP contribution in [0.3, 0.4) is 0 Å². The van der Waals surface area contributed by atoms with Crippen molar-refractivity contribution in [2.24, 2.45) is 4.99 Å². The van der Waals surface area contributed by atoms with Gasteiger partial charge in [-0.2, -0.15) is 0 Å². The fourth-order valence-electron chi connectivity index (χ4n) is 2.27. The lowest BCUT2D eigenvalue weighted by Gasteiger charge is -2.12. The molecule has 0 atom stereocenters. The molecule has 122 valence electrons. The van der Waals surface area contributed by atoms with Gasteiger partial charge in [0, 0.05) is 14.1 Å². The Balaban J connectivity index is 2.43. The van der Waals surface area contributed by atoms with Gasteiger partial charge in [-0.3, -0.25) is 14.7 Å². The molecular formula is C17H19BrN2O2S. The zero-order valence-electron chi connectivity index (χ0n) is 13.4. The third kappa shape index (κ3) is 3.87. The summed E-state index contributed by atoms with van der Waals surface area (Å²) in [7, 11) is 3.42. The van der Waals surface area contributed by atoms with Gasteiger partial charge in [0.1, 0.15) is 5.75 Å². The number of halogens is 1. The van der Waals surface area contributed by atoms with Gasteiger partial charge in [-0.15, -0.1) is 6.58 Å². The minimum absolute atomic E-state index is 0.0362. The number of likely N-dealkylation sites (N-methyl/N-ethyl adjacent to an activating group) is 1. The topological polar surface area (TPSA) is 41.9 Å². The predicted octanol–water partition coefficient (Wildman–Crippen LogP) is 4.11. The Morgan fingerprint density at radius 2 is 2.22 bits per heavy atom. The van der Waals surface area contributed by atoms with E-state index in [1.165, 1.54) is 11.8 Å². The van der Waals surface area contributed by atoms with Crippen molar-refractivity contribution in [1.29, 1.82) is 0 Å². The molecule has 2 rings (SSSR count). The molecule has 0 N–H and O–H groups in total. The van der Waals surface area contributed by atoms with Crippen molar-refractivity contribution >= 4 is 44.8 Å². The second kappa shape index (κ2) is 7.84. The zero-order valence-corrected chi connectivity index (χ0v) is 15.8. The van der Waals surface area contributed by atoms with Crippen LogP contribution in [-0.2, 0) is 11.2 Å². The number of carbonyl (C=O) groups excluding carboxylic acids is 1. The highest BCUT2D eigenvalue weighted by atomic mass is 79.9. The molecule has 0 radical (unpaired) electrons. The molecule has 0 unspecified atom stereocenters. The average molecular weight is 395 g/mol. The lowest BCUT2D eigenvalue weighted by molar-refractivity contribution is -0.121. The summed E-state index contributed by atoms with van der Waals surface area (Å²) >= 11 is 4.94. The van der Waals surface area contributed by atoms with Gasteiger partial charge in [-0.1, -0.05) is 6.08 Å². The number of ether oxygens (including phenoxy) is 1. The number of thioether (sulfide) groups is 1. The van der Waals surface area contributed by atoms with Gasteiger partial charge >= 0.3 is 0 Å². The summed E-state index contributed by atoms with van der Waals surface area (Å²) in [4.78, 5) is 18.6. The Labute approximate surface area is 149 Å². The normalized spacial score (nSPS) is 18.1. The number of amidine groups is 1. The second-order valence-corrected chi connectivity index (χ2v) is 6.76. The minimum Gasteiger partial charge on any atom is -0.492 e. The first-order chi connectivity index (χ1) is 11.0. The van der Waals surface area contributed by atoms with E-state index in [1.807, 2.05) is 31.2 Å². The summed E-state index contributed by atoms with van der Waals surface area (Å²) in [6.45, 7) is 6.35. The number of nitrogens with zero attached hydrogens (tertiary/aromatic N) is 2. The number of aliphatic imine (C=N–C) groups is 1. The maximum atomic E-state index is 12.2. The van der Waals surface area contributed by atoms with Gasteiger partial charge in [0.05, 0.1) is 16.0 Å². The monoisotopic (exact) mass is 394 g/mol. The van der Waals surface area contributed by atoms with E-state index in [2.05, 4.69) is 27.5 Å². The molecule has 1 aromatic carbocycles. The predicted molar refractivity (Wildman–Crippen MR) is 101 cm³/mol. The fraction of sp³-hybridized carbons (Fsp3) is 0.294. The van der Waals surface area contributed by atoms with Crippen LogP contribution in [0.1, 0.15) is 18.1 Å². The van der Waals surface area contributed by atoms with Crippen LogP contribution in [0.25, 0.3) is 6.08 Å². The fourth-order valence-corrected chi connectivity index (χ4v) is 3.83. The van der Waals surface area contributed by atoms with Crippen molar-refractivity contribution in [3.8, 4) is 5.75 Å². The number of allylic oxidation sites excluding steroid dienone is 1. The van der Waals surface area contributed by atoms with Crippen LogP contribution in [0.5, 0.6) is 5.75 Å². The van der Waals surface area contributed by atoms with E-state index < -0.39 is 0 Å². The van der Waals surface area contributed by atoms with E-state index in [4.69, 9.17) is 4.74 Å². The summed E-state index contributed by atoms with van der Waals surface area (Å²) < 4.78 is 6.58. The summed E-state index contributed by atoms with van der Waals surface area (Å²) in [5.74, 6) is 0.791. The quantitative estimate of drug-likeness (QED) is 0.557. The summed E-state index contributed by atoms with van der Waals surface area (Å²) in [6.07, 6.45) is 4.43. The molecule has 0 aliphatic carbocycles. The largest absolute Gasteiger partial charge is 0.492 e. The molecule has 0 saturated carbocycles. The first-order valence-corrected chi connectivity index (χ1v) is 8.83. The average Bonchev–Trinajstić information content (AvgIpc) is 2.79. The lowest BCUT2D eigenvalue weighted by atomic mass is 10.1. The molecule has 6 heteroatoms. The van der Waals surface area contributed by atoms with Crippen LogP contribution in [0.15, 0.2) is 39.2 Å². The number of hydrogen-bond acceptors (Lipinski definition) is 4. The second-order valence-electron chi connectivity index (χ2n) is 4.90. The van der Waals surface area contributed by atoms with Gasteiger partial charge in [0.25, 0.3) is 5.91 Å². The van der Waals surface area contributed by atoms with Gasteiger partial charge in [0.15, 0.2) is 5.17 Å².